The van der Waals surface area contributed by atoms with Crippen LogP contribution in [-0.2, 0) is 22.2 Å². The molecule has 0 bridgehead atoms. The van der Waals surface area contributed by atoms with Crippen molar-refractivity contribution in [1.29, 1.82) is 0 Å². The van der Waals surface area contributed by atoms with Crippen molar-refractivity contribution in [3.8, 4) is 0 Å². The minimum absolute atomic E-state index is 0.0749. The van der Waals surface area contributed by atoms with E-state index >= 15 is 0 Å². The fraction of sp³-hybridized carbons (Fsp3) is 0.261. The van der Waals surface area contributed by atoms with Crippen LogP contribution in [0.3, 0.4) is 0 Å². The third-order valence-corrected chi connectivity index (χ3v) is 6.52. The third kappa shape index (κ3) is 6.59. The highest BCUT2D eigenvalue weighted by Crippen LogP contribution is 2.37. The zero-order chi connectivity index (χ0) is 24.2. The van der Waals surface area contributed by atoms with E-state index in [0.717, 1.165) is 24.1 Å². The van der Waals surface area contributed by atoms with Crippen LogP contribution in [-0.4, -0.2) is 27.6 Å². The Bertz CT molecular complexity index is 1100. The number of nitrogens with one attached hydrogen (secondary N) is 1. The van der Waals surface area contributed by atoms with Crippen LogP contribution in [0, 0.1) is 0 Å². The van der Waals surface area contributed by atoms with Crippen molar-refractivity contribution in [2.75, 3.05) is 11.9 Å². The van der Waals surface area contributed by atoms with Gasteiger partial charge >= 0.3 is 6.18 Å². The number of halogens is 4. The number of aryl methyl sites for hydroxylation is 1. The molecule has 2 amide bonds. The van der Waals surface area contributed by atoms with E-state index < -0.39 is 17.6 Å². The maximum Gasteiger partial charge on any atom is 0.418 e. The van der Waals surface area contributed by atoms with E-state index in [9.17, 15) is 22.8 Å². The molecule has 10 heteroatoms. The van der Waals surface area contributed by atoms with Gasteiger partial charge in [-0.05, 0) is 48.2 Å². The number of thiocarbonyl (C=S) groups is 1. The monoisotopic (exact) mass is 512 g/mol. The second-order valence-electron chi connectivity index (χ2n) is 7.27. The summed E-state index contributed by atoms with van der Waals surface area (Å²) in [5.74, 6) is -0.846. The molecule has 0 radical (unpaired) electrons. The lowest BCUT2D eigenvalue weighted by Crippen LogP contribution is -2.29. The molecule has 0 aliphatic carbocycles. The summed E-state index contributed by atoms with van der Waals surface area (Å²) >= 11 is 12.1. The van der Waals surface area contributed by atoms with Gasteiger partial charge in [0.1, 0.15) is 4.32 Å². The van der Waals surface area contributed by atoms with Crippen molar-refractivity contribution in [2.45, 2.75) is 32.4 Å². The number of hydrogen-bond acceptors (Lipinski definition) is 4. The van der Waals surface area contributed by atoms with E-state index in [-0.39, 0.29) is 36.0 Å². The molecule has 0 unspecified atom stereocenters. The van der Waals surface area contributed by atoms with Gasteiger partial charge in [-0.15, -0.1) is 0 Å². The maximum atomic E-state index is 13.2. The predicted molar refractivity (Wildman–Crippen MR) is 130 cm³/mol. The van der Waals surface area contributed by atoms with Crippen LogP contribution >= 0.6 is 35.6 Å². The molecule has 0 saturated carbocycles. The first-order valence-corrected chi connectivity index (χ1v) is 11.7. The molecule has 1 N–H and O–H groups in total. The third-order valence-electron chi connectivity index (χ3n) is 4.91. The first-order valence-electron chi connectivity index (χ1n) is 10.1. The van der Waals surface area contributed by atoms with E-state index in [0.29, 0.717) is 9.23 Å². The molecule has 1 aliphatic rings. The fourth-order valence-electron chi connectivity index (χ4n) is 3.16. The normalized spacial score (nSPS) is 15.4. The zero-order valence-corrected chi connectivity index (χ0v) is 19.9. The highest BCUT2D eigenvalue weighted by atomic mass is 35.5. The van der Waals surface area contributed by atoms with Crippen LogP contribution in [0.25, 0.3) is 6.08 Å². The van der Waals surface area contributed by atoms with Crippen molar-refractivity contribution in [2.24, 2.45) is 0 Å². The second kappa shape index (κ2) is 10.7. The van der Waals surface area contributed by atoms with Gasteiger partial charge in [-0.3, -0.25) is 14.5 Å². The summed E-state index contributed by atoms with van der Waals surface area (Å²) in [6, 6.07) is 11.0. The Kier molecular flexibility index (Phi) is 8.20. The molecule has 4 nitrogen and oxygen atoms in total. The highest BCUT2D eigenvalue weighted by molar-refractivity contribution is 8.26. The molecule has 0 spiro atoms. The fourth-order valence-corrected chi connectivity index (χ4v) is 4.64. The van der Waals surface area contributed by atoms with E-state index in [1.807, 2.05) is 24.3 Å². The molecular weight excluding hydrogens is 493 g/mol. The number of rotatable bonds is 7. The van der Waals surface area contributed by atoms with Crippen LogP contribution in [0.4, 0.5) is 18.9 Å². The van der Waals surface area contributed by atoms with Gasteiger partial charge in [-0.1, -0.05) is 66.8 Å². The molecule has 0 aromatic heterocycles. The second-order valence-corrected chi connectivity index (χ2v) is 9.38. The van der Waals surface area contributed by atoms with Gasteiger partial charge in [-0.25, -0.2) is 0 Å². The summed E-state index contributed by atoms with van der Waals surface area (Å²) in [7, 11) is 0. The van der Waals surface area contributed by atoms with Gasteiger partial charge in [0.25, 0.3) is 5.91 Å². The highest BCUT2D eigenvalue weighted by Gasteiger charge is 2.34. The van der Waals surface area contributed by atoms with Gasteiger partial charge in [0, 0.05) is 18.0 Å². The van der Waals surface area contributed by atoms with Crippen molar-refractivity contribution in [3.63, 3.8) is 0 Å². The maximum absolute atomic E-state index is 13.2. The summed E-state index contributed by atoms with van der Waals surface area (Å²) < 4.78 is 39.9. The van der Waals surface area contributed by atoms with Gasteiger partial charge in [0.05, 0.1) is 16.2 Å². The van der Waals surface area contributed by atoms with Crippen LogP contribution in [0.15, 0.2) is 47.4 Å². The molecule has 2 aromatic carbocycles. The SMILES string of the molecule is CCc1ccc(/C=C2\SC(=S)N(CCCC(=O)Nc3ccc(Cl)cc3C(F)(F)F)C2=O)cc1. The molecule has 1 heterocycles. The number of hydrogen-bond donors (Lipinski definition) is 1. The summed E-state index contributed by atoms with van der Waals surface area (Å²) in [6.07, 6.45) is -1.80. The molecule has 3 rings (SSSR count). The summed E-state index contributed by atoms with van der Waals surface area (Å²) in [5.41, 5.74) is 0.700. The topological polar surface area (TPSA) is 49.4 Å². The number of amides is 2. The first kappa shape index (κ1) is 25.3. The number of nitrogens with zero attached hydrogens (tertiary/aromatic N) is 1. The standard InChI is InChI=1S/C23H20ClF3N2O2S2/c1-2-14-5-7-15(8-6-14)12-19-21(31)29(22(32)33-19)11-3-4-20(30)28-18-10-9-16(24)13-17(18)23(25,26)27/h5-10,12-13H,2-4,11H2,1H3,(H,28,30)/b19-12-. The first-order chi connectivity index (χ1) is 15.6. The van der Waals surface area contributed by atoms with Crippen molar-refractivity contribution >= 4 is 63.5 Å². The quantitative estimate of drug-likeness (QED) is 0.338. The van der Waals surface area contributed by atoms with E-state index in [4.69, 9.17) is 23.8 Å². The number of carbonyl (C=O) groups is 2. The Morgan fingerprint density at radius 2 is 1.91 bits per heavy atom. The molecule has 174 valence electrons. The van der Waals surface area contributed by atoms with Crippen molar-refractivity contribution in [3.05, 3.63) is 69.1 Å². The van der Waals surface area contributed by atoms with Gasteiger partial charge in [-0.2, -0.15) is 13.2 Å². The molecule has 1 fully saturated rings. The van der Waals surface area contributed by atoms with Crippen molar-refractivity contribution in [1.82, 2.24) is 4.90 Å². The Labute approximate surface area is 204 Å². The Morgan fingerprint density at radius 1 is 1.21 bits per heavy atom. The summed E-state index contributed by atoms with van der Waals surface area (Å²) in [4.78, 5) is 26.8. The molecule has 1 aliphatic heterocycles. The van der Waals surface area contributed by atoms with Crippen LogP contribution in [0.1, 0.15) is 36.5 Å². The van der Waals surface area contributed by atoms with Gasteiger partial charge < -0.3 is 5.32 Å². The number of anilines is 1. The van der Waals surface area contributed by atoms with E-state index in [1.165, 1.54) is 28.3 Å². The average molecular weight is 513 g/mol. The summed E-state index contributed by atoms with van der Waals surface area (Å²) in [5, 5.41) is 2.19. The Hall–Kier alpha value is -2.36. The van der Waals surface area contributed by atoms with Gasteiger partial charge in [0.15, 0.2) is 0 Å². The van der Waals surface area contributed by atoms with Gasteiger partial charge in [0.2, 0.25) is 5.91 Å². The molecule has 0 atom stereocenters. The minimum Gasteiger partial charge on any atom is -0.326 e. The Morgan fingerprint density at radius 3 is 2.55 bits per heavy atom. The Balaban J connectivity index is 1.57. The smallest absolute Gasteiger partial charge is 0.326 e. The van der Waals surface area contributed by atoms with Crippen LogP contribution in [0.5, 0.6) is 0 Å². The molecular formula is C23H20ClF3N2O2S2. The van der Waals surface area contributed by atoms with Crippen LogP contribution < -0.4 is 5.32 Å². The van der Waals surface area contributed by atoms with E-state index in [2.05, 4.69) is 12.2 Å². The van der Waals surface area contributed by atoms with Crippen LogP contribution in [0.2, 0.25) is 5.02 Å². The number of benzene rings is 2. The molecule has 2 aromatic rings. The number of carbonyl (C=O) groups excluding carboxylic acids is 2. The number of thioether (sulfide) groups is 1. The largest absolute Gasteiger partial charge is 0.418 e. The van der Waals surface area contributed by atoms with Crippen molar-refractivity contribution < 1.29 is 22.8 Å². The number of alkyl halides is 3. The lowest BCUT2D eigenvalue weighted by atomic mass is 10.1. The molecule has 33 heavy (non-hydrogen) atoms. The lowest BCUT2D eigenvalue weighted by molar-refractivity contribution is -0.137. The van der Waals surface area contributed by atoms with E-state index in [1.54, 1.807) is 6.08 Å². The predicted octanol–water partition coefficient (Wildman–Crippen LogP) is 6.54. The zero-order valence-electron chi connectivity index (χ0n) is 17.5. The molecule has 1 saturated heterocycles. The lowest BCUT2D eigenvalue weighted by Gasteiger charge is -2.16. The minimum atomic E-state index is -4.65. The summed E-state index contributed by atoms with van der Waals surface area (Å²) in [6.45, 7) is 2.25. The average Bonchev–Trinajstić information content (AvgIpc) is 3.02.